The lowest BCUT2D eigenvalue weighted by atomic mass is 10.3. The van der Waals surface area contributed by atoms with Crippen LogP contribution < -0.4 is 14.2 Å². The molecule has 0 unspecified atom stereocenters. The maximum atomic E-state index is 12.5. The van der Waals surface area contributed by atoms with E-state index in [9.17, 15) is 16.8 Å². The predicted octanol–water partition coefficient (Wildman–Crippen LogP) is 2.85. The molecular weight excluding hydrogens is 484 g/mol. The van der Waals surface area contributed by atoms with Crippen LogP contribution in [0.5, 0.6) is 5.88 Å². The van der Waals surface area contributed by atoms with Gasteiger partial charge < -0.3 is 4.74 Å². The van der Waals surface area contributed by atoms with Crippen molar-refractivity contribution in [2.45, 2.75) is 9.79 Å². The minimum absolute atomic E-state index is 0.0388. The first-order valence-electron chi connectivity index (χ1n) is 7.97. The number of nitrogens with one attached hydrogen (secondary N) is 2. The zero-order valence-electron chi connectivity index (χ0n) is 14.9. The van der Waals surface area contributed by atoms with Crippen molar-refractivity contribution >= 4 is 47.5 Å². The van der Waals surface area contributed by atoms with Crippen molar-refractivity contribution in [1.82, 2.24) is 9.97 Å². The lowest BCUT2D eigenvalue weighted by molar-refractivity contribution is 0.397. The molecule has 0 aliphatic heterocycles. The molecule has 0 aliphatic rings. The number of hydrogen-bond donors (Lipinski definition) is 2. The summed E-state index contributed by atoms with van der Waals surface area (Å²) in [7, 11) is -6.34. The van der Waals surface area contributed by atoms with Crippen LogP contribution in [0.25, 0.3) is 0 Å². The van der Waals surface area contributed by atoms with Crippen LogP contribution in [0.4, 0.5) is 11.5 Å². The molecule has 2 aromatic carbocycles. The highest BCUT2D eigenvalue weighted by Gasteiger charge is 2.17. The molecular formula is C17H15BrN4O5S2. The second-order valence-electron chi connectivity index (χ2n) is 5.63. The van der Waals surface area contributed by atoms with Crippen LogP contribution in [0.3, 0.4) is 0 Å². The Balaban J connectivity index is 1.77. The van der Waals surface area contributed by atoms with E-state index < -0.39 is 20.0 Å². The van der Waals surface area contributed by atoms with Crippen LogP contribution in [0.1, 0.15) is 0 Å². The number of aromatic nitrogens is 2. The fourth-order valence-corrected chi connectivity index (χ4v) is 4.56. The molecule has 1 heterocycles. The fourth-order valence-electron chi connectivity index (χ4n) is 2.23. The number of ether oxygens (including phenoxy) is 1. The van der Waals surface area contributed by atoms with E-state index >= 15 is 0 Å². The lowest BCUT2D eigenvalue weighted by Crippen LogP contribution is -2.15. The van der Waals surface area contributed by atoms with Gasteiger partial charge in [-0.2, -0.15) is 0 Å². The van der Waals surface area contributed by atoms with Crippen molar-refractivity contribution < 1.29 is 21.6 Å². The predicted molar refractivity (Wildman–Crippen MR) is 111 cm³/mol. The van der Waals surface area contributed by atoms with Gasteiger partial charge in [-0.05, 0) is 48.5 Å². The molecule has 0 spiro atoms. The third-order valence-corrected chi connectivity index (χ3v) is 6.93. The largest absolute Gasteiger partial charge is 0.481 e. The maximum absolute atomic E-state index is 12.5. The van der Waals surface area contributed by atoms with E-state index in [2.05, 4.69) is 35.3 Å². The van der Waals surface area contributed by atoms with E-state index in [0.29, 0.717) is 0 Å². The summed E-state index contributed by atoms with van der Waals surface area (Å²) >= 11 is 3.24. The molecule has 152 valence electrons. The number of halogens is 1. The summed E-state index contributed by atoms with van der Waals surface area (Å²) in [6.07, 6.45) is 1.16. The van der Waals surface area contributed by atoms with Gasteiger partial charge in [0.05, 0.1) is 16.9 Å². The topological polar surface area (TPSA) is 127 Å². The number of hydrogen-bond acceptors (Lipinski definition) is 7. The number of benzene rings is 2. The SMILES string of the molecule is COc1cc(NS(=O)(=O)c2ccc(NS(=O)(=O)c3ccc(Br)cc3)cc2)ncn1. The molecule has 0 radical (unpaired) electrons. The van der Waals surface area contributed by atoms with Crippen LogP contribution in [-0.4, -0.2) is 33.9 Å². The standard InChI is InChI=1S/C17H15BrN4O5S2/c1-27-17-10-16(19-11-20-17)22-29(25,26)15-8-4-13(5-9-15)21-28(23,24)14-6-2-12(18)3-7-14/h2-11,21H,1H3,(H,19,20,22). The molecule has 0 fully saturated rings. The summed E-state index contributed by atoms with van der Waals surface area (Å²) in [5.41, 5.74) is 0.218. The van der Waals surface area contributed by atoms with Gasteiger partial charge in [0.1, 0.15) is 12.1 Å². The van der Waals surface area contributed by atoms with E-state index in [1.165, 1.54) is 49.6 Å². The minimum Gasteiger partial charge on any atom is -0.481 e. The monoisotopic (exact) mass is 498 g/mol. The second kappa shape index (κ2) is 8.35. The first-order valence-corrected chi connectivity index (χ1v) is 11.7. The van der Waals surface area contributed by atoms with Crippen LogP contribution in [0.2, 0.25) is 0 Å². The molecule has 12 heteroatoms. The number of anilines is 2. The average molecular weight is 499 g/mol. The summed E-state index contributed by atoms with van der Waals surface area (Å²) in [5.74, 6) is 0.243. The Labute approximate surface area is 176 Å². The van der Waals surface area contributed by atoms with Crippen LogP contribution in [-0.2, 0) is 20.0 Å². The van der Waals surface area contributed by atoms with E-state index in [1.807, 2.05) is 0 Å². The van der Waals surface area contributed by atoms with Gasteiger partial charge in [-0.25, -0.2) is 26.8 Å². The van der Waals surface area contributed by atoms with Crippen LogP contribution in [0.15, 0.2) is 75.2 Å². The minimum atomic E-state index is -3.93. The third-order valence-electron chi connectivity index (χ3n) is 3.63. The number of nitrogens with zero attached hydrogens (tertiary/aromatic N) is 2. The molecule has 0 atom stereocenters. The molecule has 3 rings (SSSR count). The Morgan fingerprint density at radius 2 is 1.38 bits per heavy atom. The Bertz CT molecular complexity index is 1220. The molecule has 0 bridgehead atoms. The summed E-state index contributed by atoms with van der Waals surface area (Å²) in [4.78, 5) is 7.64. The number of rotatable bonds is 7. The van der Waals surface area contributed by atoms with Crippen molar-refractivity contribution in [3.8, 4) is 5.88 Å². The van der Waals surface area contributed by atoms with E-state index in [4.69, 9.17) is 4.74 Å². The van der Waals surface area contributed by atoms with Gasteiger partial charge in [0, 0.05) is 16.2 Å². The zero-order chi connectivity index (χ0) is 21.1. The third kappa shape index (κ3) is 5.22. The summed E-state index contributed by atoms with van der Waals surface area (Å²) in [6, 6.07) is 12.7. The Hall–Kier alpha value is -2.70. The number of sulfonamides is 2. The van der Waals surface area contributed by atoms with Gasteiger partial charge in [0.2, 0.25) is 5.88 Å². The van der Waals surface area contributed by atoms with Crippen molar-refractivity contribution in [1.29, 1.82) is 0 Å². The highest BCUT2D eigenvalue weighted by Crippen LogP contribution is 2.21. The molecule has 0 saturated carbocycles. The Kier molecular flexibility index (Phi) is 6.05. The zero-order valence-corrected chi connectivity index (χ0v) is 18.1. The van der Waals surface area contributed by atoms with Crippen molar-refractivity contribution in [2.75, 3.05) is 16.6 Å². The number of methoxy groups -OCH3 is 1. The van der Waals surface area contributed by atoms with Crippen molar-refractivity contribution in [3.05, 3.63) is 65.4 Å². The molecule has 0 amide bonds. The molecule has 0 aliphatic carbocycles. The summed E-state index contributed by atoms with van der Waals surface area (Å²) in [5, 5.41) is 0. The summed E-state index contributed by atoms with van der Waals surface area (Å²) in [6.45, 7) is 0. The van der Waals surface area contributed by atoms with E-state index in [-0.39, 0.29) is 27.2 Å². The van der Waals surface area contributed by atoms with Gasteiger partial charge in [0.25, 0.3) is 20.0 Å². The molecule has 1 aromatic heterocycles. The molecule has 3 aromatic rings. The smallest absolute Gasteiger partial charge is 0.263 e. The molecule has 29 heavy (non-hydrogen) atoms. The first-order chi connectivity index (χ1) is 13.7. The molecule has 0 saturated heterocycles. The Morgan fingerprint density at radius 1 is 0.828 bits per heavy atom. The highest BCUT2D eigenvalue weighted by atomic mass is 79.9. The molecule has 2 N–H and O–H groups in total. The quantitative estimate of drug-likeness (QED) is 0.512. The first kappa shape index (κ1) is 21.0. The Morgan fingerprint density at radius 3 is 1.97 bits per heavy atom. The summed E-state index contributed by atoms with van der Waals surface area (Å²) < 4.78 is 60.2. The van der Waals surface area contributed by atoms with E-state index in [1.54, 1.807) is 12.1 Å². The highest BCUT2D eigenvalue weighted by molar-refractivity contribution is 9.10. The fraction of sp³-hybridized carbons (Fsp3) is 0.0588. The molecule has 9 nitrogen and oxygen atoms in total. The maximum Gasteiger partial charge on any atom is 0.263 e. The van der Waals surface area contributed by atoms with E-state index in [0.717, 1.165) is 10.8 Å². The average Bonchev–Trinajstić information content (AvgIpc) is 2.68. The van der Waals surface area contributed by atoms with Gasteiger partial charge in [-0.1, -0.05) is 15.9 Å². The van der Waals surface area contributed by atoms with Crippen molar-refractivity contribution in [2.24, 2.45) is 0 Å². The van der Waals surface area contributed by atoms with Crippen molar-refractivity contribution in [3.63, 3.8) is 0 Å². The normalized spacial score (nSPS) is 11.7. The van der Waals surface area contributed by atoms with Crippen LogP contribution >= 0.6 is 15.9 Å². The lowest BCUT2D eigenvalue weighted by Gasteiger charge is -2.10. The second-order valence-corrected chi connectivity index (χ2v) is 9.92. The van der Waals surface area contributed by atoms with Gasteiger partial charge in [0.15, 0.2) is 0 Å². The van der Waals surface area contributed by atoms with Gasteiger partial charge >= 0.3 is 0 Å². The van der Waals surface area contributed by atoms with Gasteiger partial charge in [-0.3, -0.25) is 9.44 Å². The van der Waals surface area contributed by atoms with Crippen LogP contribution in [0, 0.1) is 0 Å². The van der Waals surface area contributed by atoms with Gasteiger partial charge in [-0.15, -0.1) is 0 Å².